The van der Waals surface area contributed by atoms with E-state index in [1.807, 2.05) is 0 Å². The zero-order chi connectivity index (χ0) is 22.6. The number of hydrogen-bond acceptors (Lipinski definition) is 2. The van der Waals surface area contributed by atoms with Gasteiger partial charge in [0.25, 0.3) is 0 Å². The van der Waals surface area contributed by atoms with Gasteiger partial charge in [-0.15, -0.1) is 13.2 Å². The van der Waals surface area contributed by atoms with Crippen molar-refractivity contribution < 1.29 is 26.7 Å². The molecule has 1 aromatic rings. The molecule has 0 spiro atoms. The number of halogens is 5. The Morgan fingerprint density at radius 1 is 1.20 bits per heavy atom. The fourth-order valence-electron chi connectivity index (χ4n) is 3.38. The van der Waals surface area contributed by atoms with Crippen molar-refractivity contribution in [2.24, 2.45) is 16.8 Å². The monoisotopic (exact) mass is 430 g/mol. The van der Waals surface area contributed by atoms with Crippen molar-refractivity contribution >= 4 is 11.4 Å². The Bertz CT molecular complexity index is 806. The van der Waals surface area contributed by atoms with Gasteiger partial charge in [0, 0.05) is 18.7 Å². The van der Waals surface area contributed by atoms with E-state index in [4.69, 9.17) is 0 Å². The lowest BCUT2D eigenvalue weighted by Gasteiger charge is -2.35. The quantitative estimate of drug-likeness (QED) is 0.204. The van der Waals surface area contributed by atoms with Crippen LogP contribution in [0.15, 0.2) is 47.1 Å². The first-order chi connectivity index (χ1) is 13.9. The second-order valence-corrected chi connectivity index (χ2v) is 7.58. The maximum Gasteiger partial charge on any atom is 0.573 e. The SMILES string of the molecule is C=C(N=C(/C(C)=C(\C)c1ccc(OC(F)(F)F)cc1)N(C)C(F)F)C1CC(CC)C1. The minimum Gasteiger partial charge on any atom is -0.406 e. The van der Waals surface area contributed by atoms with Gasteiger partial charge in [0.1, 0.15) is 11.6 Å². The highest BCUT2D eigenvalue weighted by Crippen LogP contribution is 2.40. The van der Waals surface area contributed by atoms with Crippen molar-refractivity contribution in [1.29, 1.82) is 0 Å². The number of rotatable bonds is 7. The number of alkyl halides is 5. The predicted molar refractivity (Wildman–Crippen MR) is 108 cm³/mol. The maximum atomic E-state index is 13.4. The second-order valence-electron chi connectivity index (χ2n) is 7.58. The van der Waals surface area contributed by atoms with E-state index in [9.17, 15) is 22.0 Å². The molecule has 0 N–H and O–H groups in total. The van der Waals surface area contributed by atoms with Crippen LogP contribution in [0, 0.1) is 11.8 Å². The lowest BCUT2D eigenvalue weighted by atomic mass is 9.72. The average molecular weight is 430 g/mol. The van der Waals surface area contributed by atoms with Crippen molar-refractivity contribution in [3.63, 3.8) is 0 Å². The minimum atomic E-state index is -4.78. The Labute approximate surface area is 173 Å². The smallest absolute Gasteiger partial charge is 0.406 e. The molecule has 0 amide bonds. The van der Waals surface area contributed by atoms with Crippen LogP contribution in [0.3, 0.4) is 0 Å². The molecule has 1 aromatic carbocycles. The molecule has 1 fully saturated rings. The Kier molecular flexibility index (Phi) is 7.66. The molecular weight excluding hydrogens is 403 g/mol. The Morgan fingerprint density at radius 2 is 1.77 bits per heavy atom. The summed E-state index contributed by atoms with van der Waals surface area (Å²) in [5, 5.41) is 0. The normalized spacial score (nSPS) is 20.5. The summed E-state index contributed by atoms with van der Waals surface area (Å²) in [5.74, 6) is 0.555. The van der Waals surface area contributed by atoms with Crippen LogP contribution in [-0.2, 0) is 0 Å². The highest BCUT2D eigenvalue weighted by Gasteiger charge is 2.32. The van der Waals surface area contributed by atoms with Crippen LogP contribution in [0.2, 0.25) is 0 Å². The summed E-state index contributed by atoms with van der Waals surface area (Å²) in [6.07, 6.45) is -1.80. The van der Waals surface area contributed by atoms with E-state index in [2.05, 4.69) is 23.2 Å². The van der Waals surface area contributed by atoms with Crippen molar-refractivity contribution in [2.45, 2.75) is 52.9 Å². The second kappa shape index (κ2) is 9.62. The number of benzene rings is 1. The van der Waals surface area contributed by atoms with Gasteiger partial charge < -0.3 is 9.64 Å². The number of nitrogens with zero attached hydrogens (tertiary/aromatic N) is 2. The van der Waals surface area contributed by atoms with Crippen LogP contribution in [0.5, 0.6) is 5.75 Å². The van der Waals surface area contributed by atoms with Gasteiger partial charge in [-0.1, -0.05) is 32.1 Å². The van der Waals surface area contributed by atoms with Gasteiger partial charge in [0.15, 0.2) is 0 Å². The molecule has 0 aliphatic heterocycles. The van der Waals surface area contributed by atoms with Crippen molar-refractivity contribution in [3.05, 3.63) is 47.7 Å². The first-order valence-electron chi connectivity index (χ1n) is 9.75. The van der Waals surface area contributed by atoms with Crippen LogP contribution in [0.4, 0.5) is 22.0 Å². The Hall–Kier alpha value is -2.38. The largest absolute Gasteiger partial charge is 0.573 e. The van der Waals surface area contributed by atoms with Crippen LogP contribution < -0.4 is 4.74 Å². The molecule has 0 radical (unpaired) electrons. The number of likely N-dealkylation sites (N-methyl/N-ethyl adjacent to an activating group) is 1. The number of allylic oxidation sites excluding steroid dienone is 2. The topological polar surface area (TPSA) is 24.8 Å². The van der Waals surface area contributed by atoms with Gasteiger partial charge in [-0.05, 0) is 61.4 Å². The summed E-state index contributed by atoms with van der Waals surface area (Å²) in [6, 6.07) is 5.27. The molecule has 1 aliphatic carbocycles. The highest BCUT2D eigenvalue weighted by molar-refractivity contribution is 6.04. The van der Waals surface area contributed by atoms with Gasteiger partial charge >= 0.3 is 12.9 Å². The van der Waals surface area contributed by atoms with E-state index in [1.165, 1.54) is 31.3 Å². The molecule has 8 heteroatoms. The van der Waals surface area contributed by atoms with Crippen LogP contribution >= 0.6 is 0 Å². The Morgan fingerprint density at radius 3 is 2.23 bits per heavy atom. The maximum absolute atomic E-state index is 13.4. The predicted octanol–water partition coefficient (Wildman–Crippen LogP) is 6.88. The standard InChI is InChI=1S/C22H27F5N2O/c1-6-16-11-18(12-16)15(4)28-20(29(5)21(23)24)14(3)13(2)17-7-9-19(10-8-17)30-22(25,26)27/h7-10,16,18,21H,4,6,11-12H2,1-3,5H3/b14-13+,28-20?. The molecule has 0 saturated heterocycles. The first-order valence-corrected chi connectivity index (χ1v) is 9.75. The molecular formula is C22H27F5N2O. The molecule has 30 heavy (non-hydrogen) atoms. The molecule has 166 valence electrons. The summed E-state index contributed by atoms with van der Waals surface area (Å²) in [6.45, 7) is 6.71. The molecule has 1 saturated carbocycles. The number of hydrogen-bond donors (Lipinski definition) is 0. The zero-order valence-corrected chi connectivity index (χ0v) is 17.6. The fourth-order valence-corrected chi connectivity index (χ4v) is 3.38. The molecule has 0 atom stereocenters. The fraction of sp³-hybridized carbons (Fsp3) is 0.500. The summed E-state index contributed by atoms with van der Waals surface area (Å²) < 4.78 is 67.8. The van der Waals surface area contributed by atoms with E-state index < -0.39 is 12.9 Å². The Balaban J connectivity index is 2.31. The van der Waals surface area contributed by atoms with E-state index in [0.29, 0.717) is 28.3 Å². The van der Waals surface area contributed by atoms with Gasteiger partial charge in [0.05, 0.1) is 0 Å². The van der Waals surface area contributed by atoms with E-state index in [-0.39, 0.29) is 17.5 Å². The lowest BCUT2D eigenvalue weighted by Crippen LogP contribution is -2.33. The molecule has 0 aromatic heterocycles. The van der Waals surface area contributed by atoms with E-state index >= 15 is 0 Å². The summed E-state index contributed by atoms with van der Waals surface area (Å²) in [4.78, 5) is 5.22. The van der Waals surface area contributed by atoms with Gasteiger partial charge in [0.2, 0.25) is 0 Å². The number of aliphatic imine (C=N–C) groups is 1. The lowest BCUT2D eigenvalue weighted by molar-refractivity contribution is -0.274. The van der Waals surface area contributed by atoms with E-state index in [0.717, 1.165) is 24.2 Å². The molecule has 3 nitrogen and oxygen atoms in total. The summed E-state index contributed by atoms with van der Waals surface area (Å²) >= 11 is 0. The minimum absolute atomic E-state index is 0.100. The van der Waals surface area contributed by atoms with E-state index in [1.54, 1.807) is 13.8 Å². The van der Waals surface area contributed by atoms with Gasteiger partial charge in [-0.25, -0.2) is 4.99 Å². The third-order valence-corrected chi connectivity index (χ3v) is 5.58. The summed E-state index contributed by atoms with van der Waals surface area (Å²) in [7, 11) is 1.25. The highest BCUT2D eigenvalue weighted by atomic mass is 19.4. The third kappa shape index (κ3) is 6.06. The van der Waals surface area contributed by atoms with Crippen LogP contribution in [0.25, 0.3) is 5.57 Å². The van der Waals surface area contributed by atoms with Crippen LogP contribution in [-0.4, -0.2) is 30.7 Å². The third-order valence-electron chi connectivity index (χ3n) is 5.58. The van der Waals surface area contributed by atoms with Gasteiger partial charge in [-0.2, -0.15) is 8.78 Å². The molecule has 0 unspecified atom stereocenters. The summed E-state index contributed by atoms with van der Waals surface area (Å²) in [5.41, 5.74) is 2.27. The zero-order valence-electron chi connectivity index (χ0n) is 17.6. The van der Waals surface area contributed by atoms with Crippen LogP contribution in [0.1, 0.15) is 45.6 Å². The molecule has 1 aliphatic rings. The molecule has 2 rings (SSSR count). The molecule has 0 heterocycles. The first kappa shape index (κ1) is 23.9. The number of amidine groups is 1. The molecule has 0 bridgehead atoms. The van der Waals surface area contributed by atoms with Crippen molar-refractivity contribution in [1.82, 2.24) is 4.90 Å². The van der Waals surface area contributed by atoms with Crippen molar-refractivity contribution in [2.75, 3.05) is 7.05 Å². The average Bonchev–Trinajstić information content (AvgIpc) is 2.62. The van der Waals surface area contributed by atoms with Gasteiger partial charge in [-0.3, -0.25) is 0 Å². The van der Waals surface area contributed by atoms with Crippen molar-refractivity contribution in [3.8, 4) is 5.75 Å². The number of ether oxygens (including phenoxy) is 1.